The van der Waals surface area contributed by atoms with Crippen molar-refractivity contribution in [1.82, 2.24) is 30.2 Å². The summed E-state index contributed by atoms with van der Waals surface area (Å²) in [4.78, 5) is 43.4. The average Bonchev–Trinajstić information content (AvgIpc) is 3.55. The smallest absolute Gasteiger partial charge is 0.326 e. The standard InChI is InChI=1S/C38H52N6O6/c1-25(2)28-23-27(37(47)43(5)22-12-21-42(4)20-11-19-39-3)17-18-30(28)44-31(34-32(45)15-10-16-33(34)50-6)24-29(41-44)36(46)40-35(38(48)49)26-13-8-7-9-14-26/h10,15-16,23-26,35,39,45H,7-9,11-14,19-22H2,1-6H3,(H,40,46)(H,48,49). The number of aromatic nitrogens is 2. The quantitative estimate of drug-likeness (QED) is 0.148. The van der Waals surface area contributed by atoms with Crippen LogP contribution in [0.2, 0.25) is 0 Å². The van der Waals surface area contributed by atoms with Crippen LogP contribution in [0.4, 0.5) is 0 Å². The Morgan fingerprint density at radius 2 is 1.78 bits per heavy atom. The van der Waals surface area contributed by atoms with E-state index in [1.165, 1.54) is 23.9 Å². The van der Waals surface area contributed by atoms with Crippen molar-refractivity contribution in [2.24, 2.45) is 5.92 Å². The van der Waals surface area contributed by atoms with Crippen LogP contribution in [0.1, 0.15) is 91.1 Å². The zero-order valence-corrected chi connectivity index (χ0v) is 30.2. The maximum atomic E-state index is 13.7. The molecule has 4 N–H and O–H groups in total. The number of ether oxygens (including phenoxy) is 1. The van der Waals surface area contributed by atoms with Crippen molar-refractivity contribution in [3.8, 4) is 28.4 Å². The molecular formula is C38H52N6O6. The van der Waals surface area contributed by atoms with E-state index in [9.17, 15) is 24.6 Å². The molecule has 1 unspecified atom stereocenters. The molecule has 0 spiro atoms. The van der Waals surface area contributed by atoms with Gasteiger partial charge in [-0.25, -0.2) is 9.48 Å². The molecule has 2 amide bonds. The van der Waals surface area contributed by atoms with Gasteiger partial charge < -0.3 is 35.4 Å². The number of methoxy groups -OCH3 is 1. The lowest BCUT2D eigenvalue weighted by molar-refractivity contribution is -0.141. The summed E-state index contributed by atoms with van der Waals surface area (Å²) in [6, 6.07) is 13.2. The first-order valence-corrected chi connectivity index (χ1v) is 17.5. The van der Waals surface area contributed by atoms with Crippen LogP contribution in [0.25, 0.3) is 16.9 Å². The van der Waals surface area contributed by atoms with Gasteiger partial charge in [0.15, 0.2) is 5.69 Å². The summed E-state index contributed by atoms with van der Waals surface area (Å²) in [5.41, 5.74) is 2.10. The Kier molecular flexibility index (Phi) is 13.7. The number of hydrogen-bond donors (Lipinski definition) is 4. The highest BCUT2D eigenvalue weighted by Crippen LogP contribution is 2.40. The zero-order valence-electron chi connectivity index (χ0n) is 30.2. The molecule has 4 rings (SSSR count). The number of carbonyl (C=O) groups is 3. The van der Waals surface area contributed by atoms with Gasteiger partial charge in [0.05, 0.1) is 23.9 Å². The van der Waals surface area contributed by atoms with Crippen molar-refractivity contribution in [2.75, 3.05) is 54.4 Å². The summed E-state index contributed by atoms with van der Waals surface area (Å²) >= 11 is 0. The Labute approximate surface area is 295 Å². The van der Waals surface area contributed by atoms with Gasteiger partial charge in [-0.1, -0.05) is 45.2 Å². The highest BCUT2D eigenvalue weighted by atomic mass is 16.5. The van der Waals surface area contributed by atoms with Crippen LogP contribution in [-0.2, 0) is 4.79 Å². The minimum Gasteiger partial charge on any atom is -0.507 e. The van der Waals surface area contributed by atoms with E-state index in [1.807, 2.05) is 20.9 Å². The van der Waals surface area contributed by atoms with Crippen molar-refractivity contribution in [1.29, 1.82) is 0 Å². The Hall–Kier alpha value is -4.60. The number of aliphatic carboxylic acids is 1. The van der Waals surface area contributed by atoms with Gasteiger partial charge in [-0.05, 0) is 107 Å². The molecule has 1 aliphatic rings. The van der Waals surface area contributed by atoms with E-state index in [0.717, 1.165) is 70.1 Å². The van der Waals surface area contributed by atoms with Gasteiger partial charge in [-0.2, -0.15) is 5.10 Å². The predicted octanol–water partition coefficient (Wildman–Crippen LogP) is 4.74. The molecule has 1 aliphatic carbocycles. The molecule has 12 heteroatoms. The Balaban J connectivity index is 1.68. The summed E-state index contributed by atoms with van der Waals surface area (Å²) in [7, 11) is 7.28. The van der Waals surface area contributed by atoms with E-state index in [4.69, 9.17) is 4.74 Å². The summed E-state index contributed by atoms with van der Waals surface area (Å²) in [5, 5.41) is 31.6. The number of hydrogen-bond acceptors (Lipinski definition) is 8. The van der Waals surface area contributed by atoms with Gasteiger partial charge in [0.25, 0.3) is 11.8 Å². The number of rotatable bonds is 17. The number of carboxylic acid groups (broad SMARTS) is 1. The van der Waals surface area contributed by atoms with Gasteiger partial charge >= 0.3 is 5.97 Å². The number of nitrogens with zero attached hydrogens (tertiary/aromatic N) is 4. The zero-order chi connectivity index (χ0) is 36.4. The first-order chi connectivity index (χ1) is 24.0. The second-order valence-electron chi connectivity index (χ2n) is 13.5. The fraction of sp³-hybridized carbons (Fsp3) is 0.526. The van der Waals surface area contributed by atoms with Crippen LogP contribution in [0.15, 0.2) is 30.3 Å². The van der Waals surface area contributed by atoms with Crippen LogP contribution in [0.5, 0.6) is 11.5 Å². The highest BCUT2D eigenvalue weighted by molar-refractivity contribution is 5.97. The van der Waals surface area contributed by atoms with Crippen LogP contribution in [-0.4, -0.2) is 108 Å². The summed E-state index contributed by atoms with van der Waals surface area (Å²) < 4.78 is 7.07. The van der Waals surface area contributed by atoms with Crippen molar-refractivity contribution in [3.05, 3.63) is 59.3 Å². The molecule has 3 aromatic rings. The third-order valence-corrected chi connectivity index (χ3v) is 9.40. The average molecular weight is 689 g/mol. The maximum absolute atomic E-state index is 13.7. The lowest BCUT2D eigenvalue weighted by Gasteiger charge is -2.27. The van der Waals surface area contributed by atoms with Crippen LogP contribution in [0.3, 0.4) is 0 Å². The Bertz CT molecular complexity index is 1610. The minimum atomic E-state index is -1.08. The van der Waals surface area contributed by atoms with E-state index in [-0.39, 0.29) is 29.2 Å². The summed E-state index contributed by atoms with van der Waals surface area (Å²) in [6.45, 7) is 7.35. The fourth-order valence-electron chi connectivity index (χ4n) is 6.56. The summed E-state index contributed by atoms with van der Waals surface area (Å²) in [5.74, 6) is -1.93. The topological polar surface area (TPSA) is 149 Å². The van der Waals surface area contributed by atoms with Crippen molar-refractivity contribution in [3.63, 3.8) is 0 Å². The molecule has 50 heavy (non-hydrogen) atoms. The first-order valence-electron chi connectivity index (χ1n) is 17.5. The molecule has 1 aromatic heterocycles. The molecular weight excluding hydrogens is 636 g/mol. The molecule has 270 valence electrons. The van der Waals surface area contributed by atoms with Crippen molar-refractivity contribution >= 4 is 17.8 Å². The fourth-order valence-corrected chi connectivity index (χ4v) is 6.56. The molecule has 1 saturated carbocycles. The number of nitrogens with one attached hydrogen (secondary N) is 2. The normalized spacial score (nSPS) is 14.0. The van der Waals surface area contributed by atoms with E-state index in [0.29, 0.717) is 34.8 Å². The van der Waals surface area contributed by atoms with Gasteiger partial charge in [0.1, 0.15) is 23.2 Å². The van der Waals surface area contributed by atoms with Crippen LogP contribution >= 0.6 is 0 Å². The molecule has 2 aromatic carbocycles. The largest absolute Gasteiger partial charge is 0.507 e. The van der Waals surface area contributed by atoms with Crippen LogP contribution < -0.4 is 15.4 Å². The number of phenolic OH excluding ortho intramolecular Hbond substituents is 1. The number of carboxylic acids is 1. The van der Waals surface area contributed by atoms with E-state index in [2.05, 4.69) is 39.8 Å². The lowest BCUT2D eigenvalue weighted by atomic mass is 9.84. The third kappa shape index (κ3) is 9.34. The number of phenols is 1. The number of carbonyl (C=O) groups excluding carboxylic acids is 2. The number of amides is 2. The second-order valence-corrected chi connectivity index (χ2v) is 13.5. The monoisotopic (exact) mass is 688 g/mol. The van der Waals surface area contributed by atoms with Gasteiger partial charge in [-0.15, -0.1) is 0 Å². The molecule has 0 radical (unpaired) electrons. The summed E-state index contributed by atoms with van der Waals surface area (Å²) in [6.07, 6.45) is 6.22. The van der Waals surface area contributed by atoms with Crippen molar-refractivity contribution in [2.45, 2.75) is 70.8 Å². The van der Waals surface area contributed by atoms with E-state index in [1.54, 1.807) is 30.1 Å². The van der Waals surface area contributed by atoms with Gasteiger partial charge in [-0.3, -0.25) is 9.59 Å². The van der Waals surface area contributed by atoms with E-state index >= 15 is 0 Å². The Morgan fingerprint density at radius 3 is 2.44 bits per heavy atom. The first kappa shape index (κ1) is 38.2. The highest BCUT2D eigenvalue weighted by Gasteiger charge is 2.32. The molecule has 0 aliphatic heterocycles. The third-order valence-electron chi connectivity index (χ3n) is 9.40. The minimum absolute atomic E-state index is 0.0358. The van der Waals surface area contributed by atoms with Crippen LogP contribution in [0, 0.1) is 18.1 Å². The number of aromatic hydroxyl groups is 1. The lowest BCUT2D eigenvalue weighted by Crippen LogP contribution is -2.46. The predicted molar refractivity (Wildman–Crippen MR) is 192 cm³/mol. The molecule has 1 fully saturated rings. The van der Waals surface area contributed by atoms with Gasteiger partial charge in [0, 0.05) is 13.6 Å². The molecule has 12 nitrogen and oxygen atoms in total. The Morgan fingerprint density at radius 1 is 1.06 bits per heavy atom. The van der Waals surface area contributed by atoms with Crippen molar-refractivity contribution < 1.29 is 29.3 Å². The maximum Gasteiger partial charge on any atom is 0.326 e. The van der Waals surface area contributed by atoms with E-state index < -0.39 is 17.9 Å². The SMILES string of the molecule is CNCCCN(C)CCCN(C)C(=O)c1c#cc(-n2nc(C(=O)NC(C(=O)O)C3CCCCC3)cc2-c2c(O)cccc2OC)c(C(C)C)c1. The number of benzene rings is 1. The molecule has 1 heterocycles. The molecule has 1 atom stereocenters. The second kappa shape index (κ2) is 17.9. The molecule has 0 saturated heterocycles. The van der Waals surface area contributed by atoms with Gasteiger partial charge in [0.2, 0.25) is 0 Å². The molecule has 0 bridgehead atoms.